The van der Waals surface area contributed by atoms with E-state index in [2.05, 4.69) is 25.9 Å². The smallest absolute Gasteiger partial charge is 0.407 e. The van der Waals surface area contributed by atoms with Crippen LogP contribution in [-0.4, -0.2) is 37.5 Å². The molecule has 2 aromatic rings. The summed E-state index contributed by atoms with van der Waals surface area (Å²) in [5, 5.41) is 8.99. The van der Waals surface area contributed by atoms with Crippen molar-refractivity contribution in [3.05, 3.63) is 22.8 Å². The third-order valence-corrected chi connectivity index (χ3v) is 3.38. The first-order valence-electron chi connectivity index (χ1n) is 5.17. The minimum atomic E-state index is -1.02. The fourth-order valence-electron chi connectivity index (χ4n) is 1.68. The molecule has 2 heterocycles. The number of halogens is 1. The van der Waals surface area contributed by atoms with Crippen LogP contribution in [0, 0.1) is 0 Å². The Kier molecular flexibility index (Phi) is 3.12. The molecule has 2 aromatic heterocycles. The SMILES string of the molecule is CC(c1nc(Br)c2c(N)nccn12)N(C)C(=O)O. The zero-order chi connectivity index (χ0) is 13.4. The van der Waals surface area contributed by atoms with Gasteiger partial charge in [0.15, 0.2) is 5.82 Å². The van der Waals surface area contributed by atoms with Crippen molar-refractivity contribution >= 4 is 33.4 Å². The number of imidazole rings is 1. The predicted octanol–water partition coefficient (Wildman–Crippen LogP) is 1.74. The number of hydrogen-bond donors (Lipinski definition) is 2. The lowest BCUT2D eigenvalue weighted by Gasteiger charge is -2.20. The average Bonchev–Trinajstić information content (AvgIpc) is 2.66. The van der Waals surface area contributed by atoms with Crippen LogP contribution in [0.15, 0.2) is 17.0 Å². The zero-order valence-electron chi connectivity index (χ0n) is 9.83. The second-order valence-electron chi connectivity index (χ2n) is 3.86. The minimum absolute atomic E-state index is 0.341. The molecule has 7 nitrogen and oxygen atoms in total. The number of aromatic nitrogens is 3. The van der Waals surface area contributed by atoms with E-state index in [0.29, 0.717) is 21.8 Å². The van der Waals surface area contributed by atoms with E-state index in [1.165, 1.54) is 11.9 Å². The molecule has 8 heteroatoms. The molecular formula is C10H12BrN5O2. The van der Waals surface area contributed by atoms with Crippen LogP contribution in [0.1, 0.15) is 18.8 Å². The summed E-state index contributed by atoms with van der Waals surface area (Å²) in [7, 11) is 1.49. The van der Waals surface area contributed by atoms with Crippen LogP contribution in [0.25, 0.3) is 5.52 Å². The van der Waals surface area contributed by atoms with Gasteiger partial charge in [0.25, 0.3) is 0 Å². The standard InChI is InChI=1S/C10H12BrN5O2/c1-5(15(2)10(17)18)9-14-7(11)6-8(12)13-3-4-16(6)9/h3-5H,1-2H3,(H2,12,13)(H,17,18). The number of carboxylic acid groups (broad SMARTS) is 1. The van der Waals surface area contributed by atoms with Crippen LogP contribution in [-0.2, 0) is 0 Å². The number of carbonyl (C=O) groups is 1. The Bertz CT molecular complexity index is 612. The molecule has 1 unspecified atom stereocenters. The van der Waals surface area contributed by atoms with E-state index in [1.807, 2.05) is 0 Å². The van der Waals surface area contributed by atoms with Crippen molar-refractivity contribution in [1.29, 1.82) is 0 Å². The number of nitrogens with two attached hydrogens (primary N) is 1. The van der Waals surface area contributed by atoms with Crippen LogP contribution >= 0.6 is 15.9 Å². The van der Waals surface area contributed by atoms with Crippen molar-refractivity contribution < 1.29 is 9.90 Å². The molecule has 1 amide bonds. The van der Waals surface area contributed by atoms with Crippen LogP contribution in [0.2, 0.25) is 0 Å². The monoisotopic (exact) mass is 313 g/mol. The lowest BCUT2D eigenvalue weighted by Crippen LogP contribution is -2.29. The van der Waals surface area contributed by atoms with Crippen molar-refractivity contribution in [2.24, 2.45) is 0 Å². The number of hydrogen-bond acceptors (Lipinski definition) is 4. The second kappa shape index (κ2) is 4.45. The predicted molar refractivity (Wildman–Crippen MR) is 69.3 cm³/mol. The van der Waals surface area contributed by atoms with Gasteiger partial charge in [-0.1, -0.05) is 0 Å². The van der Waals surface area contributed by atoms with Crippen LogP contribution in [0.5, 0.6) is 0 Å². The van der Waals surface area contributed by atoms with Crippen molar-refractivity contribution in [2.75, 3.05) is 12.8 Å². The normalized spacial score (nSPS) is 12.6. The average molecular weight is 314 g/mol. The number of amides is 1. The van der Waals surface area contributed by atoms with Gasteiger partial charge in [-0.2, -0.15) is 0 Å². The fraction of sp³-hybridized carbons (Fsp3) is 0.300. The highest BCUT2D eigenvalue weighted by molar-refractivity contribution is 9.10. The molecule has 0 saturated carbocycles. The van der Waals surface area contributed by atoms with Crippen LogP contribution in [0.3, 0.4) is 0 Å². The number of nitrogen functional groups attached to an aromatic ring is 1. The van der Waals surface area contributed by atoms with Crippen molar-refractivity contribution in [3.63, 3.8) is 0 Å². The maximum Gasteiger partial charge on any atom is 0.407 e. The lowest BCUT2D eigenvalue weighted by atomic mass is 10.3. The molecule has 3 N–H and O–H groups in total. The molecule has 0 aliphatic carbocycles. The quantitative estimate of drug-likeness (QED) is 0.880. The van der Waals surface area contributed by atoms with Gasteiger partial charge in [-0.25, -0.2) is 14.8 Å². The molecule has 0 aromatic carbocycles. The molecule has 0 aliphatic rings. The van der Waals surface area contributed by atoms with Crippen molar-refractivity contribution in [2.45, 2.75) is 13.0 Å². The summed E-state index contributed by atoms with van der Waals surface area (Å²) in [6.45, 7) is 1.76. The lowest BCUT2D eigenvalue weighted by molar-refractivity contribution is 0.140. The van der Waals surface area contributed by atoms with Gasteiger partial charge < -0.3 is 15.7 Å². The second-order valence-corrected chi connectivity index (χ2v) is 4.61. The highest BCUT2D eigenvalue weighted by Crippen LogP contribution is 2.27. The van der Waals surface area contributed by atoms with Gasteiger partial charge in [-0.05, 0) is 22.9 Å². The first-order valence-corrected chi connectivity index (χ1v) is 5.96. The zero-order valence-corrected chi connectivity index (χ0v) is 11.4. The Morgan fingerprint density at radius 1 is 1.67 bits per heavy atom. The van der Waals surface area contributed by atoms with Gasteiger partial charge in [0, 0.05) is 19.4 Å². The third-order valence-electron chi connectivity index (χ3n) is 2.82. The van der Waals surface area contributed by atoms with E-state index in [-0.39, 0.29) is 0 Å². The van der Waals surface area contributed by atoms with Gasteiger partial charge in [-0.15, -0.1) is 0 Å². The molecule has 0 radical (unpaired) electrons. The highest BCUT2D eigenvalue weighted by atomic mass is 79.9. The van der Waals surface area contributed by atoms with Gasteiger partial charge in [0.05, 0.1) is 6.04 Å². The van der Waals surface area contributed by atoms with E-state index in [9.17, 15) is 4.79 Å². The summed E-state index contributed by atoms with van der Waals surface area (Å²) in [5.74, 6) is 0.921. The third kappa shape index (κ3) is 1.88. The van der Waals surface area contributed by atoms with Gasteiger partial charge in [0.2, 0.25) is 0 Å². The Labute approximate surface area is 111 Å². The Balaban J connectivity index is 2.59. The molecule has 0 spiro atoms. The first kappa shape index (κ1) is 12.6. The summed E-state index contributed by atoms with van der Waals surface area (Å²) in [6.07, 6.45) is 2.23. The number of anilines is 1. The molecule has 1 atom stereocenters. The summed E-state index contributed by atoms with van der Waals surface area (Å²) in [5.41, 5.74) is 6.41. The van der Waals surface area contributed by atoms with Crippen molar-refractivity contribution in [1.82, 2.24) is 19.3 Å². The van der Waals surface area contributed by atoms with E-state index in [0.717, 1.165) is 0 Å². The summed E-state index contributed by atoms with van der Waals surface area (Å²) in [6, 6.07) is -0.400. The molecule has 96 valence electrons. The number of nitrogens with zero attached hydrogens (tertiary/aromatic N) is 4. The minimum Gasteiger partial charge on any atom is -0.465 e. The van der Waals surface area contributed by atoms with E-state index >= 15 is 0 Å². The van der Waals surface area contributed by atoms with Crippen LogP contribution in [0.4, 0.5) is 10.6 Å². The molecule has 0 fully saturated rings. The Morgan fingerprint density at radius 2 is 2.33 bits per heavy atom. The summed E-state index contributed by atoms with van der Waals surface area (Å²) < 4.78 is 2.28. The maximum absolute atomic E-state index is 11.0. The molecule has 18 heavy (non-hydrogen) atoms. The Morgan fingerprint density at radius 3 is 2.94 bits per heavy atom. The first-order chi connectivity index (χ1) is 8.43. The summed E-state index contributed by atoms with van der Waals surface area (Å²) in [4.78, 5) is 20.4. The molecule has 0 saturated heterocycles. The molecule has 2 rings (SSSR count). The van der Waals surface area contributed by atoms with Gasteiger partial charge >= 0.3 is 6.09 Å². The maximum atomic E-state index is 11.0. The van der Waals surface area contributed by atoms with Crippen molar-refractivity contribution in [3.8, 4) is 0 Å². The highest BCUT2D eigenvalue weighted by Gasteiger charge is 2.23. The van der Waals surface area contributed by atoms with Gasteiger partial charge in [0.1, 0.15) is 15.9 Å². The van der Waals surface area contributed by atoms with Gasteiger partial charge in [-0.3, -0.25) is 4.40 Å². The molecule has 0 bridgehead atoms. The Hall–Kier alpha value is -1.83. The van der Waals surface area contributed by atoms with Crippen LogP contribution < -0.4 is 5.73 Å². The molecular weight excluding hydrogens is 302 g/mol. The number of fused-ring (bicyclic) bond motifs is 1. The van der Waals surface area contributed by atoms with E-state index < -0.39 is 12.1 Å². The topological polar surface area (TPSA) is 96.8 Å². The molecule has 0 aliphatic heterocycles. The number of rotatable bonds is 2. The van der Waals surface area contributed by atoms with E-state index in [4.69, 9.17) is 10.8 Å². The summed E-state index contributed by atoms with van der Waals surface area (Å²) >= 11 is 3.31. The largest absolute Gasteiger partial charge is 0.465 e. The van der Waals surface area contributed by atoms with E-state index in [1.54, 1.807) is 23.7 Å². The fourth-order valence-corrected chi connectivity index (χ4v) is 2.25.